The number of hydrogen-bond donors (Lipinski definition) is 4. The molecule has 0 aromatic heterocycles. The first kappa shape index (κ1) is 9.45. The minimum Gasteiger partial charge on any atom is -0.381 e. The van der Waals surface area contributed by atoms with E-state index in [0.717, 1.165) is 0 Å². The normalized spacial score (nSPS) is 25.7. The number of nitrogens with one attached hydrogen (secondary N) is 1. The van der Waals surface area contributed by atoms with Crippen molar-refractivity contribution in [3.63, 3.8) is 0 Å². The molecule has 0 saturated carbocycles. The Hall–Kier alpha value is -0.640. The van der Waals surface area contributed by atoms with Crippen LogP contribution in [0.3, 0.4) is 0 Å². The summed E-state index contributed by atoms with van der Waals surface area (Å²) in [5.41, 5.74) is 0. The molecular weight excluding hydrogens is 160 g/mol. The van der Waals surface area contributed by atoms with Crippen LogP contribution in [-0.2, 0) is 0 Å². The Morgan fingerprint density at radius 3 is 2.83 bits per heavy atom. The van der Waals surface area contributed by atoms with Gasteiger partial charge in [-0.05, 0) is 5.92 Å². The lowest BCUT2D eigenvalue weighted by molar-refractivity contribution is -0.166. The summed E-state index contributed by atoms with van der Waals surface area (Å²) >= 11 is 0. The van der Waals surface area contributed by atoms with Crippen LogP contribution in [0.15, 0.2) is 0 Å². The monoisotopic (exact) mass is 172 g/mol. The summed E-state index contributed by atoms with van der Waals surface area (Å²) in [6.45, 7) is 0.879. The van der Waals surface area contributed by atoms with Gasteiger partial charge in [-0.25, -0.2) is 0 Å². The molecule has 0 aliphatic carbocycles. The molecule has 4 N–H and O–H groups in total. The lowest BCUT2D eigenvalue weighted by Gasteiger charge is -2.29. The zero-order chi connectivity index (χ0) is 9.19. The summed E-state index contributed by atoms with van der Waals surface area (Å²) in [5, 5.41) is 30.0. The van der Waals surface area contributed by atoms with Gasteiger partial charge in [-0.2, -0.15) is 0 Å². The molecule has 0 spiro atoms. The molecule has 0 radical (unpaired) electrons. The molecule has 12 heavy (non-hydrogen) atoms. The number of aliphatic hydroxyl groups excluding tert-OH is 1. The Bertz CT molecular complexity index is 199. The molecule has 5 heteroatoms. The molecule has 1 unspecified atom stereocenters. The van der Waals surface area contributed by atoms with E-state index in [0.29, 0.717) is 13.1 Å². The number of rotatable bonds is 2. The van der Waals surface area contributed by atoms with Crippen LogP contribution in [0.5, 0.6) is 0 Å². The summed E-state index contributed by atoms with van der Waals surface area (Å²) in [4.78, 5) is 1.44. The lowest BCUT2D eigenvalue weighted by Crippen LogP contribution is -2.54. The summed E-state index contributed by atoms with van der Waals surface area (Å²) in [5.74, 6) is -0.380. The van der Waals surface area contributed by atoms with Crippen LogP contribution in [0.1, 0.15) is 0 Å². The zero-order valence-corrected chi connectivity index (χ0v) is 6.56. The standard InChI is InChI=1S/C7H12N2O3/c1-2-7(11,12)6-8-3-4-9(6)5-10/h1,6,8,10-12H,3-5H2. The molecule has 0 aromatic rings. The third-order valence-corrected chi connectivity index (χ3v) is 1.88. The summed E-state index contributed by atoms with van der Waals surface area (Å²) < 4.78 is 0. The van der Waals surface area contributed by atoms with Crippen molar-refractivity contribution in [3.05, 3.63) is 0 Å². The van der Waals surface area contributed by atoms with Gasteiger partial charge in [0.25, 0.3) is 5.79 Å². The third kappa shape index (κ3) is 1.58. The maximum absolute atomic E-state index is 9.23. The second kappa shape index (κ2) is 3.39. The first-order chi connectivity index (χ1) is 5.61. The maximum Gasteiger partial charge on any atom is 0.258 e. The van der Waals surface area contributed by atoms with E-state index in [1.54, 1.807) is 0 Å². The summed E-state index contributed by atoms with van der Waals surface area (Å²) in [6, 6.07) is 0. The van der Waals surface area contributed by atoms with Gasteiger partial charge in [-0.15, -0.1) is 6.42 Å². The molecule has 1 aliphatic heterocycles. The Labute approximate surface area is 70.6 Å². The highest BCUT2D eigenvalue weighted by atomic mass is 16.5. The van der Waals surface area contributed by atoms with E-state index in [2.05, 4.69) is 5.32 Å². The van der Waals surface area contributed by atoms with Gasteiger partial charge in [-0.3, -0.25) is 10.2 Å². The predicted molar refractivity (Wildman–Crippen MR) is 41.6 cm³/mol. The fraction of sp³-hybridized carbons (Fsp3) is 0.714. The summed E-state index contributed by atoms with van der Waals surface area (Å²) in [6.07, 6.45) is 4.12. The Morgan fingerprint density at radius 1 is 1.67 bits per heavy atom. The van der Waals surface area contributed by atoms with Crippen molar-refractivity contribution in [2.45, 2.75) is 12.0 Å². The molecule has 1 saturated heterocycles. The van der Waals surface area contributed by atoms with E-state index in [4.69, 9.17) is 11.5 Å². The van der Waals surface area contributed by atoms with Gasteiger partial charge >= 0.3 is 0 Å². The minimum absolute atomic E-state index is 0.248. The third-order valence-electron chi connectivity index (χ3n) is 1.88. The van der Waals surface area contributed by atoms with E-state index in [1.807, 2.05) is 5.92 Å². The van der Waals surface area contributed by atoms with Crippen molar-refractivity contribution < 1.29 is 15.3 Å². The average molecular weight is 172 g/mol. The van der Waals surface area contributed by atoms with Crippen LogP contribution in [-0.4, -0.2) is 52.0 Å². The van der Waals surface area contributed by atoms with Gasteiger partial charge in [0.15, 0.2) is 0 Å². The second-order valence-corrected chi connectivity index (χ2v) is 2.68. The highest BCUT2D eigenvalue weighted by Crippen LogP contribution is 2.13. The topological polar surface area (TPSA) is 76.0 Å². The van der Waals surface area contributed by atoms with E-state index >= 15 is 0 Å². The van der Waals surface area contributed by atoms with Crippen LogP contribution in [0, 0.1) is 12.3 Å². The second-order valence-electron chi connectivity index (χ2n) is 2.68. The highest BCUT2D eigenvalue weighted by molar-refractivity contribution is 5.07. The first-order valence-electron chi connectivity index (χ1n) is 3.62. The smallest absolute Gasteiger partial charge is 0.258 e. The molecule has 68 valence electrons. The van der Waals surface area contributed by atoms with Crippen molar-refractivity contribution in [1.82, 2.24) is 10.2 Å². The van der Waals surface area contributed by atoms with Crippen molar-refractivity contribution in [1.29, 1.82) is 0 Å². The van der Waals surface area contributed by atoms with Gasteiger partial charge in [0.1, 0.15) is 6.17 Å². The van der Waals surface area contributed by atoms with E-state index in [-0.39, 0.29) is 6.73 Å². The van der Waals surface area contributed by atoms with E-state index in [9.17, 15) is 10.2 Å². The minimum atomic E-state index is -2.22. The first-order valence-corrected chi connectivity index (χ1v) is 3.62. The van der Waals surface area contributed by atoms with Crippen molar-refractivity contribution in [3.8, 4) is 12.3 Å². The molecule has 5 nitrogen and oxygen atoms in total. The van der Waals surface area contributed by atoms with Crippen LogP contribution in [0.2, 0.25) is 0 Å². The molecule has 0 aromatic carbocycles. The van der Waals surface area contributed by atoms with Gasteiger partial charge < -0.3 is 15.3 Å². The number of nitrogens with zero attached hydrogens (tertiary/aromatic N) is 1. The largest absolute Gasteiger partial charge is 0.381 e. The van der Waals surface area contributed by atoms with Crippen LogP contribution < -0.4 is 5.32 Å². The Morgan fingerprint density at radius 2 is 2.33 bits per heavy atom. The fourth-order valence-electron chi connectivity index (χ4n) is 1.23. The molecule has 1 atom stereocenters. The molecule has 1 fully saturated rings. The van der Waals surface area contributed by atoms with E-state index < -0.39 is 12.0 Å². The van der Waals surface area contributed by atoms with Gasteiger partial charge in [0.05, 0.1) is 6.73 Å². The van der Waals surface area contributed by atoms with Gasteiger partial charge in [0.2, 0.25) is 0 Å². The number of aliphatic hydroxyl groups is 3. The van der Waals surface area contributed by atoms with Crippen LogP contribution in [0.4, 0.5) is 0 Å². The number of hydrogen-bond acceptors (Lipinski definition) is 5. The molecule has 0 amide bonds. The van der Waals surface area contributed by atoms with Crippen LogP contribution in [0.25, 0.3) is 0 Å². The Balaban J connectivity index is 2.68. The highest BCUT2D eigenvalue weighted by Gasteiger charge is 2.39. The molecule has 0 bridgehead atoms. The lowest BCUT2D eigenvalue weighted by atomic mass is 10.2. The number of terminal acetylenes is 1. The summed E-state index contributed by atoms with van der Waals surface area (Å²) in [7, 11) is 0. The fourth-order valence-corrected chi connectivity index (χ4v) is 1.23. The molecule has 1 aliphatic rings. The molecular formula is C7H12N2O3. The Kier molecular flexibility index (Phi) is 2.67. The average Bonchev–Trinajstić information content (AvgIpc) is 2.52. The van der Waals surface area contributed by atoms with Crippen LogP contribution >= 0.6 is 0 Å². The molecule has 1 heterocycles. The van der Waals surface area contributed by atoms with Gasteiger partial charge in [-0.1, -0.05) is 0 Å². The predicted octanol–water partition coefficient (Wildman–Crippen LogP) is -2.52. The molecule has 1 rings (SSSR count). The van der Waals surface area contributed by atoms with Crippen molar-refractivity contribution >= 4 is 0 Å². The zero-order valence-electron chi connectivity index (χ0n) is 6.56. The quantitative estimate of drug-likeness (QED) is 0.273. The maximum atomic E-state index is 9.23. The van der Waals surface area contributed by atoms with Crippen molar-refractivity contribution in [2.24, 2.45) is 0 Å². The van der Waals surface area contributed by atoms with Crippen molar-refractivity contribution in [2.75, 3.05) is 19.8 Å². The SMILES string of the molecule is C#CC(O)(O)C1NCCN1CO. The van der Waals surface area contributed by atoms with Gasteiger partial charge in [0, 0.05) is 13.1 Å². The van der Waals surface area contributed by atoms with E-state index in [1.165, 1.54) is 4.90 Å².